The van der Waals surface area contributed by atoms with Gasteiger partial charge < -0.3 is 10.3 Å². The first-order valence-corrected chi connectivity index (χ1v) is 7.65. The maximum Gasteiger partial charge on any atom is 0.160 e. The highest BCUT2D eigenvalue weighted by molar-refractivity contribution is 7.80. The number of hydrogen-bond donors (Lipinski definition) is 1. The molecule has 3 aromatic heterocycles. The van der Waals surface area contributed by atoms with E-state index in [0.29, 0.717) is 23.0 Å². The van der Waals surface area contributed by atoms with Gasteiger partial charge in [-0.1, -0.05) is 29.9 Å². The van der Waals surface area contributed by atoms with Crippen molar-refractivity contribution >= 4 is 51.3 Å². The molecule has 7 heteroatoms. The number of pyridine rings is 1. The van der Waals surface area contributed by atoms with Gasteiger partial charge in [0, 0.05) is 19.2 Å². The van der Waals surface area contributed by atoms with Crippen LogP contribution in [0.2, 0.25) is 5.02 Å². The zero-order valence-electron chi connectivity index (χ0n) is 10.4. The maximum absolute atomic E-state index is 5.98. The Labute approximate surface area is 130 Å². The Balaban J connectivity index is 2.16. The molecule has 2 N–H and O–H groups in total. The Bertz CT molecular complexity index is 764. The average molecular weight is 323 g/mol. The van der Waals surface area contributed by atoms with Crippen LogP contribution in [0.25, 0.3) is 21.9 Å². The molecule has 0 radical (unpaired) electrons. The van der Waals surface area contributed by atoms with Gasteiger partial charge in [0.05, 0.1) is 14.9 Å². The number of nitrogens with zero attached hydrogens (tertiary/aromatic N) is 3. The van der Waals surface area contributed by atoms with Crippen molar-refractivity contribution < 1.29 is 0 Å². The van der Waals surface area contributed by atoms with Crippen molar-refractivity contribution in [2.24, 2.45) is 5.73 Å². The van der Waals surface area contributed by atoms with Gasteiger partial charge in [-0.25, -0.2) is 9.97 Å². The van der Waals surface area contributed by atoms with E-state index in [4.69, 9.17) is 29.6 Å². The van der Waals surface area contributed by atoms with Crippen LogP contribution in [0, 0.1) is 0 Å². The van der Waals surface area contributed by atoms with Gasteiger partial charge in [-0.05, 0) is 17.5 Å². The van der Waals surface area contributed by atoms with Crippen molar-refractivity contribution in [1.29, 1.82) is 0 Å². The molecule has 0 fully saturated rings. The van der Waals surface area contributed by atoms with Crippen LogP contribution >= 0.6 is 35.2 Å². The summed E-state index contributed by atoms with van der Waals surface area (Å²) in [7, 11) is 0. The number of thiophene rings is 1. The molecule has 0 unspecified atom stereocenters. The molecule has 102 valence electrons. The summed E-state index contributed by atoms with van der Waals surface area (Å²) in [5.41, 5.74) is 7.19. The van der Waals surface area contributed by atoms with E-state index in [1.54, 1.807) is 17.5 Å². The lowest BCUT2D eigenvalue weighted by Gasteiger charge is -2.06. The number of nitrogens with two attached hydrogens (primary N) is 1. The molecule has 0 aliphatic heterocycles. The number of fused-ring (bicyclic) bond motifs is 1. The molecular formula is C13H11ClN4S2. The quantitative estimate of drug-likeness (QED) is 0.747. The molecular weight excluding hydrogens is 312 g/mol. The first-order chi connectivity index (χ1) is 9.65. The third kappa shape index (κ3) is 2.54. The van der Waals surface area contributed by atoms with Gasteiger partial charge in [0.1, 0.15) is 5.52 Å². The van der Waals surface area contributed by atoms with Gasteiger partial charge >= 0.3 is 0 Å². The predicted octanol–water partition coefficient (Wildman–Crippen LogP) is 3.49. The highest BCUT2D eigenvalue weighted by Crippen LogP contribution is 2.28. The topological polar surface area (TPSA) is 56.7 Å². The molecule has 0 saturated carbocycles. The fourth-order valence-electron chi connectivity index (χ4n) is 2.01. The zero-order chi connectivity index (χ0) is 14.1. The minimum atomic E-state index is 0.484. The lowest BCUT2D eigenvalue weighted by atomic mass is 10.4. The summed E-state index contributed by atoms with van der Waals surface area (Å²) in [6.07, 6.45) is 2.24. The molecule has 0 aliphatic rings. The number of rotatable bonds is 4. The van der Waals surface area contributed by atoms with Crippen LogP contribution in [0.15, 0.2) is 29.8 Å². The van der Waals surface area contributed by atoms with E-state index < -0.39 is 0 Å². The Kier molecular flexibility index (Phi) is 3.69. The molecule has 3 heterocycles. The van der Waals surface area contributed by atoms with Crippen LogP contribution in [0.4, 0.5) is 0 Å². The number of halogens is 1. The van der Waals surface area contributed by atoms with Crippen LogP contribution in [0.3, 0.4) is 0 Å². The SMILES string of the molecule is NC(=S)CCn1c(-c2cccs2)nc2cc(Cl)cnc21. The summed E-state index contributed by atoms with van der Waals surface area (Å²) in [6.45, 7) is 0.660. The van der Waals surface area contributed by atoms with Crippen molar-refractivity contribution in [3.63, 3.8) is 0 Å². The fraction of sp³-hybridized carbons (Fsp3) is 0.154. The second kappa shape index (κ2) is 5.47. The van der Waals surface area contributed by atoms with E-state index in [9.17, 15) is 0 Å². The molecule has 4 nitrogen and oxygen atoms in total. The van der Waals surface area contributed by atoms with E-state index in [1.807, 2.05) is 28.1 Å². The van der Waals surface area contributed by atoms with E-state index in [0.717, 1.165) is 21.9 Å². The van der Waals surface area contributed by atoms with E-state index in [2.05, 4.69) is 9.97 Å². The first-order valence-electron chi connectivity index (χ1n) is 5.99. The number of hydrogen-bond acceptors (Lipinski definition) is 4. The highest BCUT2D eigenvalue weighted by Gasteiger charge is 2.14. The fourth-order valence-corrected chi connectivity index (χ4v) is 2.98. The third-order valence-electron chi connectivity index (χ3n) is 2.87. The third-order valence-corrected chi connectivity index (χ3v) is 4.15. The Morgan fingerprint density at radius 1 is 1.50 bits per heavy atom. The van der Waals surface area contributed by atoms with Gasteiger partial charge in [-0.15, -0.1) is 11.3 Å². The van der Waals surface area contributed by atoms with Gasteiger partial charge in [-0.3, -0.25) is 0 Å². The summed E-state index contributed by atoms with van der Waals surface area (Å²) in [5.74, 6) is 0.876. The molecule has 3 aromatic rings. The minimum absolute atomic E-state index is 0.484. The van der Waals surface area contributed by atoms with Crippen molar-refractivity contribution in [2.75, 3.05) is 0 Å². The van der Waals surface area contributed by atoms with Crippen molar-refractivity contribution in [3.05, 3.63) is 34.8 Å². The number of aromatic nitrogens is 3. The Hall–Kier alpha value is -1.50. The monoisotopic (exact) mass is 322 g/mol. The molecule has 0 amide bonds. The first kappa shape index (κ1) is 13.5. The van der Waals surface area contributed by atoms with Gasteiger partial charge in [0.25, 0.3) is 0 Å². The van der Waals surface area contributed by atoms with Crippen molar-refractivity contribution in [1.82, 2.24) is 14.5 Å². The maximum atomic E-state index is 5.98. The van der Waals surface area contributed by atoms with Crippen LogP contribution in [-0.2, 0) is 6.54 Å². The number of aryl methyl sites for hydroxylation is 1. The van der Waals surface area contributed by atoms with Crippen LogP contribution in [-0.4, -0.2) is 19.5 Å². The lowest BCUT2D eigenvalue weighted by molar-refractivity contribution is 0.750. The smallest absolute Gasteiger partial charge is 0.160 e. The van der Waals surface area contributed by atoms with Gasteiger partial charge in [0.2, 0.25) is 0 Å². The van der Waals surface area contributed by atoms with E-state index in [1.165, 1.54) is 0 Å². The summed E-state index contributed by atoms with van der Waals surface area (Å²) in [5, 5.41) is 2.60. The normalized spacial score (nSPS) is 11.1. The van der Waals surface area contributed by atoms with Crippen molar-refractivity contribution in [2.45, 2.75) is 13.0 Å². The minimum Gasteiger partial charge on any atom is -0.393 e. The molecule has 0 atom stereocenters. The average Bonchev–Trinajstić information content (AvgIpc) is 3.02. The van der Waals surface area contributed by atoms with Gasteiger partial charge in [-0.2, -0.15) is 0 Å². The molecule has 0 aromatic carbocycles. The van der Waals surface area contributed by atoms with Crippen LogP contribution in [0.1, 0.15) is 6.42 Å². The molecule has 0 aliphatic carbocycles. The second-order valence-electron chi connectivity index (χ2n) is 4.28. The standard InChI is InChI=1S/C13H11ClN4S2/c14-8-6-9-12(16-7-8)18(4-3-11(15)19)13(17-9)10-2-1-5-20-10/h1-2,5-7H,3-4H2,(H2,15,19). The second-order valence-corrected chi connectivity index (χ2v) is 6.19. The molecule has 20 heavy (non-hydrogen) atoms. The summed E-state index contributed by atoms with van der Waals surface area (Å²) < 4.78 is 2.04. The summed E-state index contributed by atoms with van der Waals surface area (Å²) in [6, 6.07) is 5.85. The number of imidazole rings is 1. The predicted molar refractivity (Wildman–Crippen MR) is 87.3 cm³/mol. The molecule has 0 spiro atoms. The van der Waals surface area contributed by atoms with Crippen LogP contribution in [0.5, 0.6) is 0 Å². The zero-order valence-corrected chi connectivity index (χ0v) is 12.8. The largest absolute Gasteiger partial charge is 0.393 e. The Morgan fingerprint density at radius 3 is 3.05 bits per heavy atom. The number of thiocarbonyl (C=S) groups is 1. The lowest BCUT2D eigenvalue weighted by Crippen LogP contribution is -2.12. The van der Waals surface area contributed by atoms with Gasteiger partial charge in [0.15, 0.2) is 11.5 Å². The molecule has 0 bridgehead atoms. The van der Waals surface area contributed by atoms with Crippen LogP contribution < -0.4 is 5.73 Å². The molecule has 3 rings (SSSR count). The Morgan fingerprint density at radius 2 is 2.35 bits per heavy atom. The van der Waals surface area contributed by atoms with E-state index in [-0.39, 0.29) is 0 Å². The molecule has 0 saturated heterocycles. The van der Waals surface area contributed by atoms with Crippen molar-refractivity contribution in [3.8, 4) is 10.7 Å². The summed E-state index contributed by atoms with van der Waals surface area (Å²) in [4.78, 5) is 10.6. The van der Waals surface area contributed by atoms with E-state index >= 15 is 0 Å². The summed E-state index contributed by atoms with van der Waals surface area (Å²) >= 11 is 12.6. The highest BCUT2D eigenvalue weighted by atomic mass is 35.5.